The van der Waals surface area contributed by atoms with Gasteiger partial charge in [-0.05, 0) is 27.2 Å². The highest BCUT2D eigenvalue weighted by molar-refractivity contribution is 5.73. The van der Waals surface area contributed by atoms with Crippen LogP contribution in [-0.4, -0.2) is 65.8 Å². The second kappa shape index (κ2) is 9.29. The molecule has 2 N–H and O–H groups in total. The third kappa shape index (κ3) is 6.54. The number of nitrogens with one attached hydrogen (secondary N) is 1. The van der Waals surface area contributed by atoms with Gasteiger partial charge in [0.25, 0.3) is 0 Å². The van der Waals surface area contributed by atoms with Crippen molar-refractivity contribution in [2.75, 3.05) is 6.61 Å². The maximum absolute atomic E-state index is 11.7. The number of carbonyl (C=O) groups is 3. The summed E-state index contributed by atoms with van der Waals surface area (Å²) in [5.41, 5.74) is -0.759. The topological polar surface area (TPSA) is 120 Å². The molecule has 0 aromatic rings. The molecule has 150 valence electrons. The minimum atomic E-state index is -0.987. The molecule has 0 saturated carbocycles. The zero-order valence-corrected chi connectivity index (χ0v) is 16.1. The molecule has 0 bridgehead atoms. The fourth-order valence-corrected chi connectivity index (χ4v) is 2.82. The molecule has 1 fully saturated rings. The average molecular weight is 375 g/mol. The van der Waals surface area contributed by atoms with Crippen LogP contribution < -0.4 is 5.32 Å². The molecule has 1 aliphatic rings. The van der Waals surface area contributed by atoms with Crippen LogP contribution in [0.5, 0.6) is 0 Å². The molecule has 9 heteroatoms. The molecular formula is C17H29NO8. The van der Waals surface area contributed by atoms with Gasteiger partial charge in [0.05, 0.1) is 11.7 Å². The Bertz CT molecular complexity index is 521. The second-order valence-electron chi connectivity index (χ2n) is 6.94. The summed E-state index contributed by atoms with van der Waals surface area (Å²) in [6.45, 7) is 8.86. The Morgan fingerprint density at radius 1 is 1.08 bits per heavy atom. The van der Waals surface area contributed by atoms with Crippen LogP contribution in [0.1, 0.15) is 48.0 Å². The van der Waals surface area contributed by atoms with Crippen LogP contribution in [0.25, 0.3) is 0 Å². The monoisotopic (exact) mass is 375 g/mol. The first kappa shape index (κ1) is 22.3. The van der Waals surface area contributed by atoms with Gasteiger partial charge >= 0.3 is 11.9 Å². The van der Waals surface area contributed by atoms with Crippen LogP contribution in [0.2, 0.25) is 0 Å². The van der Waals surface area contributed by atoms with Gasteiger partial charge in [-0.1, -0.05) is 0 Å². The molecule has 0 spiro atoms. The molecule has 0 radical (unpaired) electrons. The predicted molar refractivity (Wildman–Crippen MR) is 89.9 cm³/mol. The van der Waals surface area contributed by atoms with E-state index in [2.05, 4.69) is 5.32 Å². The molecule has 1 amide bonds. The highest BCUT2D eigenvalue weighted by Crippen LogP contribution is 2.30. The third-order valence-electron chi connectivity index (χ3n) is 3.91. The average Bonchev–Trinajstić information content (AvgIpc) is 2.45. The lowest BCUT2D eigenvalue weighted by Crippen LogP contribution is -2.66. The van der Waals surface area contributed by atoms with E-state index >= 15 is 0 Å². The molecule has 1 rings (SSSR count). The molecule has 9 nitrogen and oxygen atoms in total. The van der Waals surface area contributed by atoms with Crippen LogP contribution in [0.4, 0.5) is 0 Å². The van der Waals surface area contributed by atoms with Crippen molar-refractivity contribution < 1.29 is 38.4 Å². The second-order valence-corrected chi connectivity index (χ2v) is 6.94. The molecule has 1 saturated heterocycles. The zero-order chi connectivity index (χ0) is 20.1. The van der Waals surface area contributed by atoms with Gasteiger partial charge in [0, 0.05) is 27.4 Å². The molecule has 5 atom stereocenters. The maximum atomic E-state index is 11.7. The minimum absolute atomic E-state index is 0.0937. The van der Waals surface area contributed by atoms with E-state index in [-0.39, 0.29) is 12.5 Å². The summed E-state index contributed by atoms with van der Waals surface area (Å²) in [5, 5.41) is 11.8. The van der Waals surface area contributed by atoms with E-state index in [4.69, 9.17) is 18.9 Å². The molecule has 1 aliphatic heterocycles. The van der Waals surface area contributed by atoms with Gasteiger partial charge in [0.15, 0.2) is 18.5 Å². The summed E-state index contributed by atoms with van der Waals surface area (Å²) in [4.78, 5) is 34.7. The quantitative estimate of drug-likeness (QED) is 0.609. The van der Waals surface area contributed by atoms with Gasteiger partial charge in [0.2, 0.25) is 5.91 Å². The minimum Gasteiger partial charge on any atom is -0.456 e. The van der Waals surface area contributed by atoms with E-state index in [0.717, 1.165) is 0 Å². The summed E-state index contributed by atoms with van der Waals surface area (Å²) in [6, 6.07) is -0.894. The number of rotatable bonds is 7. The number of hydrogen-bond acceptors (Lipinski definition) is 8. The van der Waals surface area contributed by atoms with Gasteiger partial charge in [-0.15, -0.1) is 0 Å². The first-order chi connectivity index (χ1) is 12.0. The van der Waals surface area contributed by atoms with E-state index in [1.807, 2.05) is 0 Å². The van der Waals surface area contributed by atoms with E-state index < -0.39 is 48.2 Å². The Hall–Kier alpha value is -1.71. The molecule has 0 aliphatic carbocycles. The summed E-state index contributed by atoms with van der Waals surface area (Å²) in [6.07, 6.45) is -3.18. The summed E-state index contributed by atoms with van der Waals surface area (Å²) < 4.78 is 22.4. The number of esters is 2. The third-order valence-corrected chi connectivity index (χ3v) is 3.91. The lowest BCUT2D eigenvalue weighted by molar-refractivity contribution is -0.293. The Labute approximate surface area is 153 Å². The number of amides is 1. The Balaban J connectivity index is 3.19. The Morgan fingerprint density at radius 2 is 1.62 bits per heavy atom. The fraction of sp³-hybridized carbons (Fsp3) is 0.824. The molecule has 26 heavy (non-hydrogen) atoms. The number of hydrogen-bond donors (Lipinski definition) is 2. The van der Waals surface area contributed by atoms with Crippen molar-refractivity contribution in [1.29, 1.82) is 0 Å². The van der Waals surface area contributed by atoms with Gasteiger partial charge in [-0.25, -0.2) is 0 Å². The van der Waals surface area contributed by atoms with Gasteiger partial charge < -0.3 is 29.4 Å². The van der Waals surface area contributed by atoms with E-state index in [1.165, 1.54) is 20.8 Å². The van der Waals surface area contributed by atoms with Crippen molar-refractivity contribution in [2.45, 2.75) is 84.2 Å². The lowest BCUT2D eigenvalue weighted by Gasteiger charge is -2.46. The standard InChI is InChI=1S/C17H29NO8/c1-9-14(24-11(3)21)15(25-12(4)22)13(18-10(2)20)16(23-9)26-17(5,6)7-8-19/h9,13-16,19H,7-8H2,1-6H3,(H,18,20)/t9-,13-,14+,15-,16?/m1/s1. The number of carbonyl (C=O) groups excluding carboxylic acids is 3. The van der Waals surface area contributed by atoms with Crippen LogP contribution in [0.15, 0.2) is 0 Å². The highest BCUT2D eigenvalue weighted by Gasteiger charge is 2.50. The van der Waals surface area contributed by atoms with Crippen LogP contribution in [0, 0.1) is 0 Å². The number of aliphatic hydroxyl groups excluding tert-OH is 1. The SMILES string of the molecule is CC(=O)N[C@H]1C(OC(C)(C)CCO)O[C@H](C)[C@H](OC(C)=O)[C@@H]1OC(C)=O. The van der Waals surface area contributed by atoms with Crippen LogP contribution in [-0.2, 0) is 33.3 Å². The Morgan fingerprint density at radius 3 is 2.08 bits per heavy atom. The van der Waals surface area contributed by atoms with Gasteiger partial charge in [-0.2, -0.15) is 0 Å². The van der Waals surface area contributed by atoms with E-state index in [0.29, 0.717) is 6.42 Å². The largest absolute Gasteiger partial charge is 0.456 e. The highest BCUT2D eigenvalue weighted by atomic mass is 16.7. The maximum Gasteiger partial charge on any atom is 0.303 e. The molecular weight excluding hydrogens is 346 g/mol. The summed E-state index contributed by atoms with van der Waals surface area (Å²) in [5.74, 6) is -1.55. The molecule has 0 aromatic heterocycles. The normalized spacial score (nSPS) is 29.0. The summed E-state index contributed by atoms with van der Waals surface area (Å²) >= 11 is 0. The zero-order valence-electron chi connectivity index (χ0n) is 16.1. The van der Waals surface area contributed by atoms with Crippen molar-refractivity contribution in [2.24, 2.45) is 0 Å². The van der Waals surface area contributed by atoms with Crippen LogP contribution in [0.3, 0.4) is 0 Å². The van der Waals surface area contributed by atoms with E-state index in [9.17, 15) is 19.5 Å². The Kier molecular flexibility index (Phi) is 7.98. The molecule has 1 unspecified atom stereocenters. The van der Waals surface area contributed by atoms with Gasteiger partial charge in [-0.3, -0.25) is 14.4 Å². The predicted octanol–water partition coefficient (Wildman–Crippen LogP) is 0.277. The number of ether oxygens (including phenoxy) is 4. The molecule has 0 aromatic carbocycles. The smallest absolute Gasteiger partial charge is 0.303 e. The van der Waals surface area contributed by atoms with Crippen LogP contribution >= 0.6 is 0 Å². The number of aliphatic hydroxyl groups is 1. The first-order valence-corrected chi connectivity index (χ1v) is 8.52. The lowest BCUT2D eigenvalue weighted by atomic mass is 9.96. The first-order valence-electron chi connectivity index (χ1n) is 8.52. The summed E-state index contributed by atoms with van der Waals surface area (Å²) in [7, 11) is 0. The van der Waals surface area contributed by atoms with E-state index in [1.54, 1.807) is 20.8 Å². The van der Waals surface area contributed by atoms with Gasteiger partial charge in [0.1, 0.15) is 6.04 Å². The fourth-order valence-electron chi connectivity index (χ4n) is 2.82. The molecule has 1 heterocycles. The van der Waals surface area contributed by atoms with Crippen molar-refractivity contribution in [3.63, 3.8) is 0 Å². The van der Waals surface area contributed by atoms with Crippen molar-refractivity contribution in [1.82, 2.24) is 5.32 Å². The van der Waals surface area contributed by atoms with Crippen molar-refractivity contribution in [3.8, 4) is 0 Å². The van der Waals surface area contributed by atoms with Crippen molar-refractivity contribution in [3.05, 3.63) is 0 Å². The van der Waals surface area contributed by atoms with Crippen molar-refractivity contribution >= 4 is 17.8 Å².